The van der Waals surface area contributed by atoms with Crippen molar-refractivity contribution in [3.05, 3.63) is 71.8 Å². The number of ether oxygens (including phenoxy) is 1. The van der Waals surface area contributed by atoms with Gasteiger partial charge < -0.3 is 20.5 Å². The van der Waals surface area contributed by atoms with Gasteiger partial charge in [-0.05, 0) is 59.7 Å². The third-order valence-electron chi connectivity index (χ3n) is 6.80. The van der Waals surface area contributed by atoms with Crippen molar-refractivity contribution in [1.29, 1.82) is 10.8 Å². The molecule has 3 aromatic carbocycles. The smallest absolute Gasteiger partial charge is 0.304 e. The Balaban J connectivity index is 1.57. The molecule has 1 aliphatic rings. The molecule has 5 N–H and O–H groups in total. The van der Waals surface area contributed by atoms with Gasteiger partial charge in [0.25, 0.3) is 0 Å². The number of carbonyl (C=O) groups is 1. The maximum atomic E-state index is 13.3. The highest BCUT2D eigenvalue weighted by molar-refractivity contribution is 7.92. The third kappa shape index (κ3) is 7.05. The number of nitrogens with one attached hydrogen (secondary N) is 2. The number of benzene rings is 3. The van der Waals surface area contributed by atoms with Crippen LogP contribution in [-0.2, 0) is 21.4 Å². The number of carboxylic acids is 1. The van der Waals surface area contributed by atoms with Crippen LogP contribution in [-0.4, -0.2) is 61.0 Å². The van der Waals surface area contributed by atoms with Crippen LogP contribution in [0.4, 0.5) is 5.69 Å². The van der Waals surface area contributed by atoms with E-state index in [9.17, 15) is 13.2 Å². The fourth-order valence-corrected chi connectivity index (χ4v) is 6.04. The molecule has 3 aromatic rings. The van der Waals surface area contributed by atoms with Gasteiger partial charge in [-0.25, -0.2) is 8.42 Å². The van der Waals surface area contributed by atoms with E-state index in [0.29, 0.717) is 28.4 Å². The van der Waals surface area contributed by atoms with Crippen molar-refractivity contribution >= 4 is 44.1 Å². The van der Waals surface area contributed by atoms with Gasteiger partial charge in [-0.2, -0.15) is 0 Å². The van der Waals surface area contributed by atoms with Crippen LogP contribution in [0.3, 0.4) is 0 Å². The summed E-state index contributed by atoms with van der Waals surface area (Å²) in [6, 6.07) is 17.7. The zero-order valence-electron chi connectivity index (χ0n) is 21.8. The van der Waals surface area contributed by atoms with Gasteiger partial charge in [-0.15, -0.1) is 0 Å². The van der Waals surface area contributed by atoms with Crippen molar-refractivity contribution in [2.45, 2.75) is 38.8 Å². The minimum Gasteiger partial charge on any atom is -0.490 e. The van der Waals surface area contributed by atoms with E-state index < -0.39 is 28.2 Å². The summed E-state index contributed by atoms with van der Waals surface area (Å²) in [4.78, 5) is 13.2. The Bertz CT molecular complexity index is 1480. The van der Waals surface area contributed by atoms with Gasteiger partial charge in [0, 0.05) is 31.5 Å². The van der Waals surface area contributed by atoms with Gasteiger partial charge in [0.15, 0.2) is 0 Å². The summed E-state index contributed by atoms with van der Waals surface area (Å²) in [5.41, 5.74) is 7.31. The number of carboxylic acid groups (broad SMARTS) is 1. The van der Waals surface area contributed by atoms with Crippen LogP contribution in [0.15, 0.2) is 60.7 Å². The van der Waals surface area contributed by atoms with Gasteiger partial charge in [-0.1, -0.05) is 24.3 Å². The number of likely N-dealkylation sites (tertiary alicyclic amines) is 1. The monoisotopic (exact) mass is 551 g/mol. The average molecular weight is 552 g/mol. The van der Waals surface area contributed by atoms with Gasteiger partial charge in [0.05, 0.1) is 30.2 Å². The summed E-state index contributed by atoms with van der Waals surface area (Å²) >= 11 is 0. The van der Waals surface area contributed by atoms with E-state index in [1.165, 1.54) is 4.31 Å². The van der Waals surface area contributed by atoms with Crippen molar-refractivity contribution in [2.24, 2.45) is 5.73 Å². The Labute approximate surface area is 228 Å². The van der Waals surface area contributed by atoms with Gasteiger partial charge in [0.2, 0.25) is 10.0 Å². The van der Waals surface area contributed by atoms with Gasteiger partial charge >= 0.3 is 5.97 Å². The summed E-state index contributed by atoms with van der Waals surface area (Å²) in [5, 5.41) is 26.3. The van der Waals surface area contributed by atoms with Crippen molar-refractivity contribution in [1.82, 2.24) is 4.90 Å². The maximum Gasteiger partial charge on any atom is 0.304 e. The Morgan fingerprint density at radius 1 is 1.05 bits per heavy atom. The Morgan fingerprint density at radius 2 is 1.72 bits per heavy atom. The van der Waals surface area contributed by atoms with Crippen molar-refractivity contribution in [3.63, 3.8) is 0 Å². The zero-order valence-corrected chi connectivity index (χ0v) is 22.6. The lowest BCUT2D eigenvalue weighted by Gasteiger charge is -2.33. The second-order valence-corrected chi connectivity index (χ2v) is 11.7. The van der Waals surface area contributed by atoms with Gasteiger partial charge in [-0.3, -0.25) is 19.9 Å². The number of aliphatic carboxylic acids is 1. The van der Waals surface area contributed by atoms with E-state index in [0.717, 1.165) is 36.7 Å². The van der Waals surface area contributed by atoms with E-state index in [-0.39, 0.29) is 18.5 Å². The number of rotatable bonds is 10. The molecule has 0 atom stereocenters. The highest BCUT2D eigenvalue weighted by Crippen LogP contribution is 2.28. The van der Waals surface area contributed by atoms with Crippen molar-refractivity contribution < 1.29 is 23.1 Å². The number of anilines is 1. The number of nitrogens with two attached hydrogens (primary N) is 1. The molecule has 10 nitrogen and oxygen atoms in total. The molecule has 0 saturated carbocycles. The van der Waals surface area contributed by atoms with Gasteiger partial charge in [0.1, 0.15) is 17.7 Å². The molecule has 1 saturated heterocycles. The summed E-state index contributed by atoms with van der Waals surface area (Å²) in [7, 11) is -3.97. The topological polar surface area (TPSA) is 161 Å². The average Bonchev–Trinajstić information content (AvgIpc) is 2.91. The van der Waals surface area contributed by atoms with Crippen LogP contribution in [0.25, 0.3) is 10.8 Å². The normalized spacial score (nSPS) is 14.2. The highest BCUT2D eigenvalue weighted by Gasteiger charge is 2.25. The maximum absolute atomic E-state index is 13.3. The number of fused-ring (bicyclic) bond motifs is 1. The molecule has 0 spiro atoms. The lowest BCUT2D eigenvalue weighted by molar-refractivity contribution is -0.136. The molecular formula is C28H33N5O5S. The molecule has 1 heterocycles. The van der Waals surface area contributed by atoms with E-state index in [1.807, 2.05) is 29.2 Å². The number of amidine groups is 2. The Kier molecular flexibility index (Phi) is 8.39. The first-order chi connectivity index (χ1) is 18.5. The van der Waals surface area contributed by atoms with Crippen LogP contribution in [0.2, 0.25) is 0 Å². The summed E-state index contributed by atoms with van der Waals surface area (Å²) < 4.78 is 33.9. The zero-order chi connectivity index (χ0) is 28.2. The largest absolute Gasteiger partial charge is 0.490 e. The van der Waals surface area contributed by atoms with Crippen LogP contribution in [0.1, 0.15) is 37.3 Å². The quantitative estimate of drug-likeness (QED) is 0.220. The predicted molar refractivity (Wildman–Crippen MR) is 152 cm³/mol. The molecule has 0 aliphatic carbocycles. The highest BCUT2D eigenvalue weighted by atomic mass is 32.2. The Morgan fingerprint density at radius 3 is 2.33 bits per heavy atom. The number of piperidine rings is 1. The summed E-state index contributed by atoms with van der Waals surface area (Å²) in [6.07, 6.45) is 1.09. The van der Waals surface area contributed by atoms with Crippen LogP contribution in [0.5, 0.6) is 5.75 Å². The first-order valence-electron chi connectivity index (χ1n) is 12.7. The molecule has 206 valence electrons. The molecule has 4 rings (SSSR count). The third-order valence-corrected chi connectivity index (χ3v) is 8.53. The van der Waals surface area contributed by atoms with Crippen LogP contribution in [0, 0.1) is 10.8 Å². The van der Waals surface area contributed by atoms with Crippen molar-refractivity contribution in [2.75, 3.05) is 23.1 Å². The number of sulfonamides is 1. The second kappa shape index (κ2) is 11.7. The molecule has 0 unspecified atom stereocenters. The summed E-state index contributed by atoms with van der Waals surface area (Å²) in [5.74, 6) is -0.609. The lowest BCUT2D eigenvalue weighted by Crippen LogP contribution is -2.40. The first kappa shape index (κ1) is 27.9. The minimum atomic E-state index is -3.97. The standard InChI is InChI=1S/C28H33N5O5S/c1-19(29)32-13-10-26(11-14-32)38-25-8-6-24(7-9-25)33(39(36,37)15-12-27(34)35)18-20-2-3-21-4-5-22(28(30)31)17-23(21)16-20/h2-9,16-17,26,29H,10-15,18H2,1H3,(H3,30,31)(H,34,35). The van der Waals surface area contributed by atoms with E-state index >= 15 is 0 Å². The second-order valence-electron chi connectivity index (χ2n) is 9.66. The molecule has 0 radical (unpaired) electrons. The van der Waals surface area contributed by atoms with Crippen LogP contribution >= 0.6 is 0 Å². The van der Waals surface area contributed by atoms with E-state index in [2.05, 4.69) is 0 Å². The Hall–Kier alpha value is -4.12. The first-order valence-corrected chi connectivity index (χ1v) is 14.3. The fourth-order valence-electron chi connectivity index (χ4n) is 4.60. The molecule has 39 heavy (non-hydrogen) atoms. The molecule has 0 bridgehead atoms. The summed E-state index contributed by atoms with van der Waals surface area (Å²) in [6.45, 7) is 3.29. The number of hydrogen-bond donors (Lipinski definition) is 4. The van der Waals surface area contributed by atoms with E-state index in [4.69, 9.17) is 26.4 Å². The fraction of sp³-hybridized carbons (Fsp3) is 0.321. The molecule has 0 amide bonds. The predicted octanol–water partition coefficient (Wildman–Crippen LogP) is 3.78. The lowest BCUT2D eigenvalue weighted by atomic mass is 10.0. The SMILES string of the molecule is CC(=N)N1CCC(Oc2ccc(N(Cc3ccc4ccc(C(=N)N)cc4c3)S(=O)(=O)CCC(=O)O)cc2)CC1. The molecule has 1 aliphatic heterocycles. The molecule has 0 aromatic heterocycles. The molecule has 11 heteroatoms. The number of nitrogens with zero attached hydrogens (tertiary/aromatic N) is 2. The minimum absolute atomic E-state index is 0.00380. The molecular weight excluding hydrogens is 518 g/mol. The van der Waals surface area contributed by atoms with Crippen LogP contribution < -0.4 is 14.8 Å². The van der Waals surface area contributed by atoms with E-state index in [1.54, 1.807) is 43.3 Å². The molecule has 1 fully saturated rings. The van der Waals surface area contributed by atoms with Crippen molar-refractivity contribution in [3.8, 4) is 5.75 Å². The number of nitrogen functional groups attached to an aromatic ring is 1. The number of hydrogen-bond acceptors (Lipinski definition) is 6.